The van der Waals surface area contributed by atoms with Gasteiger partial charge in [0.2, 0.25) is 0 Å². The van der Waals surface area contributed by atoms with Gasteiger partial charge in [0.1, 0.15) is 0 Å². The molecular formula is C19H27N5O3. The highest BCUT2D eigenvalue weighted by atomic mass is 16.5. The molecule has 2 heterocycles. The zero-order valence-electron chi connectivity index (χ0n) is 16.0. The van der Waals surface area contributed by atoms with Crippen LogP contribution in [0.3, 0.4) is 0 Å². The summed E-state index contributed by atoms with van der Waals surface area (Å²) in [5, 5.41) is 18.8. The summed E-state index contributed by atoms with van der Waals surface area (Å²) in [6.07, 6.45) is 1.98. The molecule has 0 bridgehead atoms. The predicted octanol–water partition coefficient (Wildman–Crippen LogP) is 2.44. The summed E-state index contributed by atoms with van der Waals surface area (Å²) in [5.41, 5.74) is 3.24. The minimum atomic E-state index is -0.331. The van der Waals surface area contributed by atoms with Crippen molar-refractivity contribution in [3.8, 4) is 0 Å². The van der Waals surface area contributed by atoms with E-state index in [2.05, 4.69) is 34.5 Å². The van der Waals surface area contributed by atoms with Crippen LogP contribution in [-0.2, 0) is 11.3 Å². The van der Waals surface area contributed by atoms with Crippen molar-refractivity contribution in [3.63, 3.8) is 0 Å². The summed E-state index contributed by atoms with van der Waals surface area (Å²) < 4.78 is 7.42. The molecule has 0 unspecified atom stereocenters. The number of ether oxygens (including phenoxy) is 1. The highest BCUT2D eigenvalue weighted by Crippen LogP contribution is 2.22. The molecule has 0 aliphatic carbocycles. The lowest BCUT2D eigenvalue weighted by Crippen LogP contribution is -2.45. The number of aromatic nitrogens is 2. The van der Waals surface area contributed by atoms with Crippen molar-refractivity contribution in [2.75, 3.05) is 35.2 Å². The number of carbonyl (C=O) groups is 1. The van der Waals surface area contributed by atoms with Gasteiger partial charge < -0.3 is 25.4 Å². The Morgan fingerprint density at radius 2 is 1.89 bits per heavy atom. The van der Waals surface area contributed by atoms with Crippen LogP contribution < -0.4 is 15.5 Å². The average molecular weight is 373 g/mol. The second-order valence-corrected chi connectivity index (χ2v) is 6.88. The van der Waals surface area contributed by atoms with E-state index < -0.39 is 0 Å². The van der Waals surface area contributed by atoms with E-state index in [0.29, 0.717) is 17.9 Å². The molecular weight excluding hydrogens is 346 g/mol. The summed E-state index contributed by atoms with van der Waals surface area (Å²) in [6.45, 7) is 8.11. The Kier molecular flexibility index (Phi) is 5.98. The molecule has 8 heteroatoms. The number of hydrogen-bond acceptors (Lipinski definition) is 5. The first kappa shape index (κ1) is 19.2. The quantitative estimate of drug-likeness (QED) is 0.749. The lowest BCUT2D eigenvalue weighted by Gasteiger charge is -2.36. The third kappa shape index (κ3) is 4.78. The van der Waals surface area contributed by atoms with Gasteiger partial charge in [0.15, 0.2) is 0 Å². The van der Waals surface area contributed by atoms with Crippen molar-refractivity contribution in [3.05, 3.63) is 36.2 Å². The van der Waals surface area contributed by atoms with Crippen molar-refractivity contribution in [1.82, 2.24) is 9.78 Å². The summed E-state index contributed by atoms with van der Waals surface area (Å²) in [6, 6.07) is 7.46. The molecule has 3 N–H and O–H groups in total. The average Bonchev–Trinajstić information content (AvgIpc) is 2.95. The van der Waals surface area contributed by atoms with Gasteiger partial charge in [-0.05, 0) is 45.0 Å². The number of benzene rings is 1. The first-order valence-electron chi connectivity index (χ1n) is 9.18. The molecule has 2 aromatic rings. The number of nitrogens with one attached hydrogen (secondary N) is 2. The Morgan fingerprint density at radius 1 is 1.22 bits per heavy atom. The monoisotopic (exact) mass is 373 g/mol. The summed E-state index contributed by atoms with van der Waals surface area (Å²) >= 11 is 0. The van der Waals surface area contributed by atoms with Crippen LogP contribution in [0.25, 0.3) is 0 Å². The number of anilines is 3. The molecule has 0 radical (unpaired) electrons. The molecule has 1 aromatic heterocycles. The third-order valence-electron chi connectivity index (χ3n) is 4.57. The number of hydrogen-bond donors (Lipinski definition) is 3. The molecule has 0 spiro atoms. The topological polar surface area (TPSA) is 91.7 Å². The molecule has 27 heavy (non-hydrogen) atoms. The third-order valence-corrected chi connectivity index (χ3v) is 4.57. The molecule has 2 amide bonds. The Bertz CT molecular complexity index is 764. The summed E-state index contributed by atoms with van der Waals surface area (Å²) in [5.74, 6) is 0. The van der Waals surface area contributed by atoms with E-state index in [0.717, 1.165) is 24.5 Å². The SMILES string of the molecule is Cc1c(NC(=O)Nc2ccc(N3C[C@@H](C)O[C@@H](C)C3)cc2)cnn1CCO. The number of aliphatic hydroxyl groups is 1. The molecule has 8 nitrogen and oxygen atoms in total. The van der Waals surface area contributed by atoms with Gasteiger partial charge in [0.25, 0.3) is 0 Å². The molecule has 1 aliphatic heterocycles. The summed E-state index contributed by atoms with van der Waals surface area (Å²) in [7, 11) is 0. The molecule has 1 aromatic carbocycles. The smallest absolute Gasteiger partial charge is 0.323 e. The number of nitrogens with zero attached hydrogens (tertiary/aromatic N) is 3. The van der Waals surface area contributed by atoms with Gasteiger partial charge in [-0.2, -0.15) is 5.10 Å². The second kappa shape index (κ2) is 8.41. The van der Waals surface area contributed by atoms with E-state index in [1.54, 1.807) is 10.9 Å². The van der Waals surface area contributed by atoms with E-state index in [9.17, 15) is 4.79 Å². The van der Waals surface area contributed by atoms with Crippen LogP contribution in [-0.4, -0.2) is 52.8 Å². The van der Waals surface area contributed by atoms with Crippen molar-refractivity contribution in [1.29, 1.82) is 0 Å². The fraction of sp³-hybridized carbons (Fsp3) is 0.474. The molecule has 1 aliphatic rings. The number of aliphatic hydroxyl groups excluding tert-OH is 1. The largest absolute Gasteiger partial charge is 0.394 e. The predicted molar refractivity (Wildman–Crippen MR) is 105 cm³/mol. The van der Waals surface area contributed by atoms with Crippen LogP contribution in [0.2, 0.25) is 0 Å². The zero-order chi connectivity index (χ0) is 19.4. The number of amides is 2. The molecule has 3 rings (SSSR count). The van der Waals surface area contributed by atoms with Gasteiger partial charge in [-0.3, -0.25) is 4.68 Å². The maximum absolute atomic E-state index is 12.2. The van der Waals surface area contributed by atoms with Gasteiger partial charge in [-0.1, -0.05) is 0 Å². The van der Waals surface area contributed by atoms with Crippen molar-refractivity contribution < 1.29 is 14.6 Å². The number of carbonyl (C=O) groups excluding carboxylic acids is 1. The van der Waals surface area contributed by atoms with Crippen molar-refractivity contribution >= 4 is 23.1 Å². The minimum Gasteiger partial charge on any atom is -0.394 e. The standard InChI is InChI=1S/C19H27N5O3/c1-13-11-23(12-14(2)27-13)17-6-4-16(5-7-17)21-19(26)22-18-10-20-24(8-9-25)15(18)3/h4-7,10,13-14,25H,8-9,11-12H2,1-3H3,(H2,21,22,26)/t13-,14+. The van der Waals surface area contributed by atoms with Crippen LogP contribution in [0.15, 0.2) is 30.5 Å². The molecule has 146 valence electrons. The highest BCUT2D eigenvalue weighted by Gasteiger charge is 2.22. The van der Waals surface area contributed by atoms with Crippen molar-refractivity contribution in [2.24, 2.45) is 0 Å². The van der Waals surface area contributed by atoms with Crippen molar-refractivity contribution in [2.45, 2.75) is 39.5 Å². The van der Waals surface area contributed by atoms with E-state index in [-0.39, 0.29) is 24.8 Å². The molecule has 2 atom stereocenters. The van der Waals surface area contributed by atoms with Gasteiger partial charge in [0.05, 0.1) is 42.9 Å². The van der Waals surface area contributed by atoms with Gasteiger partial charge in [-0.25, -0.2) is 4.79 Å². The van der Waals surface area contributed by atoms with Crippen LogP contribution in [0.1, 0.15) is 19.5 Å². The van der Waals surface area contributed by atoms with E-state index >= 15 is 0 Å². The Labute approximate surface area is 159 Å². The first-order valence-corrected chi connectivity index (χ1v) is 9.18. The van der Waals surface area contributed by atoms with E-state index in [1.165, 1.54) is 0 Å². The first-order chi connectivity index (χ1) is 13.0. The molecule has 1 fully saturated rings. The fourth-order valence-electron chi connectivity index (χ4n) is 3.32. The number of rotatable bonds is 5. The Morgan fingerprint density at radius 3 is 2.52 bits per heavy atom. The van der Waals surface area contributed by atoms with Gasteiger partial charge in [-0.15, -0.1) is 0 Å². The van der Waals surface area contributed by atoms with Crippen LogP contribution >= 0.6 is 0 Å². The van der Waals surface area contributed by atoms with Gasteiger partial charge in [0, 0.05) is 24.5 Å². The maximum Gasteiger partial charge on any atom is 0.323 e. The van der Waals surface area contributed by atoms with Gasteiger partial charge >= 0.3 is 6.03 Å². The second-order valence-electron chi connectivity index (χ2n) is 6.88. The Balaban J connectivity index is 1.58. The van der Waals surface area contributed by atoms with Crippen LogP contribution in [0, 0.1) is 6.92 Å². The summed E-state index contributed by atoms with van der Waals surface area (Å²) in [4.78, 5) is 14.5. The zero-order valence-corrected chi connectivity index (χ0v) is 16.0. The number of morpholine rings is 1. The number of urea groups is 1. The lowest BCUT2D eigenvalue weighted by atomic mass is 10.2. The minimum absolute atomic E-state index is 0.00119. The fourth-order valence-corrected chi connectivity index (χ4v) is 3.32. The van der Waals surface area contributed by atoms with Crippen LogP contribution in [0.5, 0.6) is 0 Å². The molecule has 1 saturated heterocycles. The Hall–Kier alpha value is -2.58. The van der Waals surface area contributed by atoms with Crippen LogP contribution in [0.4, 0.5) is 21.9 Å². The lowest BCUT2D eigenvalue weighted by molar-refractivity contribution is -0.00521. The maximum atomic E-state index is 12.2. The van der Waals surface area contributed by atoms with E-state index in [1.807, 2.05) is 31.2 Å². The normalized spacial score (nSPS) is 19.8. The highest BCUT2D eigenvalue weighted by molar-refractivity contribution is 6.00. The molecule has 0 saturated carbocycles. The van der Waals surface area contributed by atoms with E-state index in [4.69, 9.17) is 9.84 Å².